The molecule has 0 aliphatic carbocycles. The molecule has 0 unspecified atom stereocenters. The Hall–Kier alpha value is -4.39. The van der Waals surface area contributed by atoms with E-state index in [4.69, 9.17) is 4.42 Å². The maximum absolute atomic E-state index is 13.2. The summed E-state index contributed by atoms with van der Waals surface area (Å²) in [6.45, 7) is 0. The fourth-order valence-electron chi connectivity index (χ4n) is 3.76. The van der Waals surface area contributed by atoms with Crippen molar-refractivity contribution in [3.8, 4) is 17.1 Å². The van der Waals surface area contributed by atoms with Crippen molar-refractivity contribution in [3.63, 3.8) is 0 Å². The Labute approximate surface area is 183 Å². The molecule has 0 radical (unpaired) electrons. The van der Waals surface area contributed by atoms with Crippen molar-refractivity contribution in [1.29, 1.82) is 0 Å². The molecule has 0 fully saturated rings. The highest BCUT2D eigenvalue weighted by Crippen LogP contribution is 2.24. The van der Waals surface area contributed by atoms with Gasteiger partial charge in [0.1, 0.15) is 11.5 Å². The minimum atomic E-state index is -1.01. The molecular weight excluding hydrogens is 406 g/mol. The van der Waals surface area contributed by atoms with Gasteiger partial charge in [-0.05, 0) is 29.8 Å². The average Bonchev–Trinajstić information content (AvgIpc) is 3.43. The number of hydrogen-bond acceptors (Lipinski definition) is 4. The number of aromatic amines is 1. The van der Waals surface area contributed by atoms with Crippen LogP contribution in [0.1, 0.15) is 33.1 Å². The van der Waals surface area contributed by atoms with Gasteiger partial charge in [0.25, 0.3) is 5.56 Å². The number of aromatic nitrogens is 3. The highest BCUT2D eigenvalue weighted by Gasteiger charge is 2.21. The quantitative estimate of drug-likeness (QED) is 0.426. The maximum Gasteiger partial charge on any atom is 0.335 e. The van der Waals surface area contributed by atoms with Crippen LogP contribution in [-0.2, 0) is 12.8 Å². The van der Waals surface area contributed by atoms with E-state index < -0.39 is 5.97 Å². The Morgan fingerprint density at radius 2 is 1.88 bits per heavy atom. The van der Waals surface area contributed by atoms with Gasteiger partial charge in [-0.1, -0.05) is 42.5 Å². The molecule has 5 rings (SSSR count). The smallest absolute Gasteiger partial charge is 0.335 e. The highest BCUT2D eigenvalue weighted by molar-refractivity contribution is 5.89. The zero-order valence-electron chi connectivity index (χ0n) is 17.0. The summed E-state index contributed by atoms with van der Waals surface area (Å²) in [5.74, 6) is 0.192. The van der Waals surface area contributed by atoms with Crippen LogP contribution in [-0.4, -0.2) is 25.6 Å². The van der Waals surface area contributed by atoms with Crippen LogP contribution in [0.25, 0.3) is 17.1 Å². The van der Waals surface area contributed by atoms with Crippen molar-refractivity contribution in [2.75, 3.05) is 0 Å². The monoisotopic (exact) mass is 425 g/mol. The number of carboxylic acids is 1. The van der Waals surface area contributed by atoms with Gasteiger partial charge >= 0.3 is 5.97 Å². The van der Waals surface area contributed by atoms with Gasteiger partial charge in [0.2, 0.25) is 0 Å². The number of rotatable bonds is 6. The molecule has 3 aromatic rings. The zero-order chi connectivity index (χ0) is 22.1. The normalized spacial score (nSPS) is 11.1. The number of imidazole rings is 1. The molecule has 0 saturated heterocycles. The molecule has 2 aliphatic rings. The predicted octanol–water partition coefficient (Wildman–Crippen LogP) is 4.14. The molecular formula is C25H19N3O4. The van der Waals surface area contributed by atoms with E-state index in [2.05, 4.69) is 9.97 Å². The van der Waals surface area contributed by atoms with Crippen LogP contribution >= 0.6 is 0 Å². The van der Waals surface area contributed by atoms with E-state index in [1.807, 2.05) is 42.5 Å². The zero-order valence-corrected chi connectivity index (χ0v) is 17.0. The molecule has 0 saturated carbocycles. The van der Waals surface area contributed by atoms with Gasteiger partial charge in [-0.3, -0.25) is 9.36 Å². The Morgan fingerprint density at radius 3 is 2.62 bits per heavy atom. The molecule has 0 amide bonds. The second-order valence-corrected chi connectivity index (χ2v) is 7.51. The SMILES string of the molecule is O=C(O)c1cccc(-c2cn3c(=O)c(Cc4ccco4)nc-3c(Cc3ccccc3)[nH]2)c1. The van der Waals surface area contributed by atoms with Gasteiger partial charge in [-0.15, -0.1) is 0 Å². The topological polar surface area (TPSA) is 101 Å². The maximum atomic E-state index is 13.2. The predicted molar refractivity (Wildman–Crippen MR) is 119 cm³/mol. The number of hydrogen-bond donors (Lipinski definition) is 2. The molecule has 7 nitrogen and oxygen atoms in total. The Balaban J connectivity index is 1.67. The number of nitrogens with one attached hydrogen (secondary N) is 1. The second kappa shape index (κ2) is 8.03. The van der Waals surface area contributed by atoms with E-state index in [0.29, 0.717) is 41.4 Å². The third-order valence-electron chi connectivity index (χ3n) is 5.31. The number of carboxylic acid groups (broad SMARTS) is 1. The van der Waals surface area contributed by atoms with E-state index in [-0.39, 0.29) is 11.1 Å². The molecule has 2 N–H and O–H groups in total. The van der Waals surface area contributed by atoms with E-state index in [1.165, 1.54) is 10.6 Å². The van der Waals surface area contributed by atoms with Crippen molar-refractivity contribution >= 4 is 5.97 Å². The number of carbonyl (C=O) groups is 1. The van der Waals surface area contributed by atoms with Crippen molar-refractivity contribution in [3.05, 3.63) is 118 Å². The number of fused-ring (bicyclic) bond motifs is 1. The molecule has 7 heteroatoms. The highest BCUT2D eigenvalue weighted by atomic mass is 16.4. The number of furan rings is 1. The molecule has 0 spiro atoms. The minimum Gasteiger partial charge on any atom is -0.478 e. The molecule has 3 heterocycles. The van der Waals surface area contributed by atoms with E-state index in [1.54, 1.807) is 30.7 Å². The fourth-order valence-corrected chi connectivity index (χ4v) is 3.76. The van der Waals surface area contributed by atoms with Crippen LogP contribution in [0.15, 0.2) is 88.4 Å². The first-order chi connectivity index (χ1) is 15.6. The van der Waals surface area contributed by atoms with E-state index in [9.17, 15) is 14.7 Å². The average molecular weight is 425 g/mol. The molecule has 158 valence electrons. The van der Waals surface area contributed by atoms with Crippen molar-refractivity contribution < 1.29 is 14.3 Å². The first-order valence-electron chi connectivity index (χ1n) is 10.1. The number of benzene rings is 2. The molecule has 32 heavy (non-hydrogen) atoms. The van der Waals surface area contributed by atoms with Gasteiger partial charge < -0.3 is 14.5 Å². The van der Waals surface area contributed by atoms with Crippen LogP contribution in [0.2, 0.25) is 0 Å². The summed E-state index contributed by atoms with van der Waals surface area (Å²) in [5, 5.41) is 9.36. The molecule has 1 aromatic heterocycles. The number of aromatic carboxylic acids is 1. The third kappa shape index (κ3) is 3.72. The molecule has 2 aromatic carbocycles. The second-order valence-electron chi connectivity index (χ2n) is 7.51. The van der Waals surface area contributed by atoms with Gasteiger partial charge in [-0.25, -0.2) is 9.78 Å². The lowest BCUT2D eigenvalue weighted by Crippen LogP contribution is -2.17. The summed E-state index contributed by atoms with van der Waals surface area (Å²) in [4.78, 5) is 32.6. The summed E-state index contributed by atoms with van der Waals surface area (Å²) in [7, 11) is 0. The standard InChI is InChI=1S/C25H19N3O4/c29-24-21(14-19-10-5-11-32-19)27-23-20(12-16-6-2-1-3-7-16)26-22(15-28(23)24)17-8-4-9-18(13-17)25(30)31/h1-11,13,15,26H,12,14H2,(H,30,31). The van der Waals surface area contributed by atoms with Crippen LogP contribution in [0.3, 0.4) is 0 Å². The Morgan fingerprint density at radius 1 is 1.03 bits per heavy atom. The lowest BCUT2D eigenvalue weighted by molar-refractivity contribution is 0.0697. The summed E-state index contributed by atoms with van der Waals surface area (Å²) in [6.07, 6.45) is 4.07. The Kier molecular flexibility index (Phi) is 4.91. The lowest BCUT2D eigenvalue weighted by Gasteiger charge is -2.13. The van der Waals surface area contributed by atoms with E-state index >= 15 is 0 Å². The Bertz CT molecular complexity index is 1420. The summed E-state index contributed by atoms with van der Waals surface area (Å²) in [5.41, 5.74) is 3.45. The summed E-state index contributed by atoms with van der Waals surface area (Å²) >= 11 is 0. The van der Waals surface area contributed by atoms with Crippen LogP contribution in [0.5, 0.6) is 0 Å². The minimum absolute atomic E-state index is 0.173. The van der Waals surface area contributed by atoms with Crippen LogP contribution in [0.4, 0.5) is 0 Å². The van der Waals surface area contributed by atoms with Gasteiger partial charge in [-0.2, -0.15) is 0 Å². The molecule has 0 atom stereocenters. The largest absolute Gasteiger partial charge is 0.478 e. The number of nitrogens with zero attached hydrogens (tertiary/aromatic N) is 2. The third-order valence-corrected chi connectivity index (χ3v) is 5.31. The molecule has 0 bridgehead atoms. The van der Waals surface area contributed by atoms with Crippen LogP contribution in [0, 0.1) is 0 Å². The van der Waals surface area contributed by atoms with Crippen molar-refractivity contribution in [1.82, 2.24) is 14.5 Å². The lowest BCUT2D eigenvalue weighted by atomic mass is 10.1. The van der Waals surface area contributed by atoms with E-state index in [0.717, 1.165) is 11.3 Å². The first kappa shape index (κ1) is 19.6. The van der Waals surface area contributed by atoms with Crippen molar-refractivity contribution in [2.45, 2.75) is 12.8 Å². The first-order valence-corrected chi connectivity index (χ1v) is 10.1. The van der Waals surface area contributed by atoms with Crippen molar-refractivity contribution in [2.24, 2.45) is 0 Å². The fraction of sp³-hybridized carbons (Fsp3) is 0.0800. The summed E-state index contributed by atoms with van der Waals surface area (Å²) < 4.78 is 6.92. The van der Waals surface area contributed by atoms with Gasteiger partial charge in [0.05, 0.1) is 29.6 Å². The van der Waals surface area contributed by atoms with Crippen LogP contribution < -0.4 is 5.56 Å². The van der Waals surface area contributed by atoms with Gasteiger partial charge in [0.15, 0.2) is 5.82 Å². The number of H-pyrrole nitrogens is 1. The molecule has 2 aliphatic heterocycles. The van der Waals surface area contributed by atoms with Gasteiger partial charge in [0, 0.05) is 18.2 Å². The summed E-state index contributed by atoms with van der Waals surface area (Å²) in [6, 6.07) is 20.1.